The first-order chi connectivity index (χ1) is 9.08. The van der Waals surface area contributed by atoms with Crippen LogP contribution in [0.25, 0.3) is 0 Å². The molecule has 1 unspecified atom stereocenters. The zero-order valence-corrected chi connectivity index (χ0v) is 11.5. The average Bonchev–Trinajstić information content (AvgIpc) is 2.78. The maximum Gasteiger partial charge on any atom is 0.143 e. The monoisotopic (exact) mass is 295 g/mol. The van der Waals surface area contributed by atoms with Gasteiger partial charge in [-0.3, -0.25) is 4.98 Å². The maximum absolute atomic E-state index is 10.1. The van der Waals surface area contributed by atoms with Gasteiger partial charge in [-0.2, -0.15) is 0 Å². The van der Waals surface area contributed by atoms with Crippen LogP contribution in [-0.4, -0.2) is 20.3 Å². The maximum atomic E-state index is 10.1. The number of phenolic OH excluding ortho intramolecular Hbond substituents is 2. The standard InChI is InChI=1S/C14H13NO4.ClH/c1-7-13(18)12-8(5-15-7)6-19-14(12)10-3-2-9(16)4-11(10)17;/h2-5,14,16-18H,6H2,1H3;1H. The van der Waals surface area contributed by atoms with E-state index in [0.29, 0.717) is 23.4 Å². The van der Waals surface area contributed by atoms with E-state index in [9.17, 15) is 15.3 Å². The van der Waals surface area contributed by atoms with Crippen molar-refractivity contribution >= 4 is 12.4 Å². The molecule has 20 heavy (non-hydrogen) atoms. The lowest BCUT2D eigenvalue weighted by atomic mass is 9.98. The van der Waals surface area contributed by atoms with E-state index < -0.39 is 6.10 Å². The summed E-state index contributed by atoms with van der Waals surface area (Å²) in [5.74, 6) is 0.00814. The number of fused-ring (bicyclic) bond motifs is 1. The Morgan fingerprint density at radius 2 is 2.00 bits per heavy atom. The summed E-state index contributed by atoms with van der Waals surface area (Å²) in [7, 11) is 0. The summed E-state index contributed by atoms with van der Waals surface area (Å²) in [4.78, 5) is 4.08. The molecule has 2 heterocycles. The number of aromatic hydroxyl groups is 3. The van der Waals surface area contributed by atoms with Gasteiger partial charge in [0.1, 0.15) is 23.4 Å². The summed E-state index contributed by atoms with van der Waals surface area (Å²) >= 11 is 0. The fraction of sp³-hybridized carbons (Fsp3) is 0.214. The summed E-state index contributed by atoms with van der Waals surface area (Å²) in [5.41, 5.74) is 2.47. The smallest absolute Gasteiger partial charge is 0.143 e. The van der Waals surface area contributed by atoms with Gasteiger partial charge in [0.25, 0.3) is 0 Å². The summed E-state index contributed by atoms with van der Waals surface area (Å²) in [6.45, 7) is 2.04. The van der Waals surface area contributed by atoms with E-state index in [-0.39, 0.29) is 29.7 Å². The van der Waals surface area contributed by atoms with Gasteiger partial charge < -0.3 is 20.1 Å². The molecular formula is C14H14ClNO4. The first-order valence-corrected chi connectivity index (χ1v) is 5.88. The van der Waals surface area contributed by atoms with E-state index >= 15 is 0 Å². The summed E-state index contributed by atoms with van der Waals surface area (Å²) in [5, 5.41) is 29.3. The molecule has 0 spiro atoms. The number of aromatic nitrogens is 1. The van der Waals surface area contributed by atoms with Crippen molar-refractivity contribution in [1.29, 1.82) is 0 Å². The fourth-order valence-corrected chi connectivity index (χ4v) is 2.32. The predicted molar refractivity (Wildman–Crippen MR) is 74.3 cm³/mol. The molecule has 1 aromatic carbocycles. The van der Waals surface area contributed by atoms with Crippen LogP contribution in [0, 0.1) is 6.92 Å². The molecule has 1 atom stereocenters. The normalized spacial score (nSPS) is 16.6. The third kappa shape index (κ3) is 2.15. The Balaban J connectivity index is 0.00000147. The van der Waals surface area contributed by atoms with Crippen molar-refractivity contribution in [2.45, 2.75) is 19.6 Å². The summed E-state index contributed by atoms with van der Waals surface area (Å²) < 4.78 is 5.62. The van der Waals surface area contributed by atoms with Crippen molar-refractivity contribution < 1.29 is 20.1 Å². The van der Waals surface area contributed by atoms with Crippen LogP contribution in [-0.2, 0) is 11.3 Å². The van der Waals surface area contributed by atoms with Crippen molar-refractivity contribution in [2.75, 3.05) is 0 Å². The van der Waals surface area contributed by atoms with Gasteiger partial charge in [0, 0.05) is 29.0 Å². The van der Waals surface area contributed by atoms with E-state index in [0.717, 1.165) is 5.56 Å². The lowest BCUT2D eigenvalue weighted by molar-refractivity contribution is 0.0910. The molecule has 0 fully saturated rings. The molecule has 2 aromatic rings. The van der Waals surface area contributed by atoms with Crippen molar-refractivity contribution in [3.63, 3.8) is 0 Å². The topological polar surface area (TPSA) is 82.8 Å². The van der Waals surface area contributed by atoms with Gasteiger partial charge in [-0.15, -0.1) is 12.4 Å². The molecule has 3 N–H and O–H groups in total. The quantitative estimate of drug-likeness (QED) is 0.753. The number of benzene rings is 1. The molecule has 0 bridgehead atoms. The van der Waals surface area contributed by atoms with E-state index in [1.807, 2.05) is 0 Å². The second-order valence-electron chi connectivity index (χ2n) is 4.57. The number of nitrogens with zero attached hydrogens (tertiary/aromatic N) is 1. The van der Waals surface area contributed by atoms with Crippen molar-refractivity contribution in [1.82, 2.24) is 4.98 Å². The summed E-state index contributed by atoms with van der Waals surface area (Å²) in [6.07, 6.45) is 1.12. The second kappa shape index (κ2) is 5.19. The van der Waals surface area contributed by atoms with Gasteiger partial charge >= 0.3 is 0 Å². The molecule has 1 aliphatic rings. The molecule has 1 aliphatic heterocycles. The number of pyridine rings is 1. The molecular weight excluding hydrogens is 282 g/mol. The molecule has 0 amide bonds. The van der Waals surface area contributed by atoms with Crippen LogP contribution < -0.4 is 0 Å². The first-order valence-electron chi connectivity index (χ1n) is 5.88. The van der Waals surface area contributed by atoms with Crippen molar-refractivity contribution in [3.05, 3.63) is 46.8 Å². The SMILES string of the molecule is Cc1ncc2c(c1O)C(c1ccc(O)cc1O)OC2.Cl. The molecule has 5 nitrogen and oxygen atoms in total. The van der Waals surface area contributed by atoms with Crippen LogP contribution in [0.4, 0.5) is 0 Å². The highest BCUT2D eigenvalue weighted by molar-refractivity contribution is 5.85. The highest BCUT2D eigenvalue weighted by Gasteiger charge is 2.31. The molecule has 6 heteroatoms. The van der Waals surface area contributed by atoms with Crippen LogP contribution in [0.1, 0.15) is 28.5 Å². The van der Waals surface area contributed by atoms with Crippen LogP contribution in [0.15, 0.2) is 24.4 Å². The Morgan fingerprint density at radius 3 is 2.70 bits per heavy atom. The number of hydrogen-bond donors (Lipinski definition) is 3. The van der Waals surface area contributed by atoms with Gasteiger partial charge in [0.05, 0.1) is 12.3 Å². The van der Waals surface area contributed by atoms with E-state index in [2.05, 4.69) is 4.98 Å². The Bertz CT molecular complexity index is 660. The van der Waals surface area contributed by atoms with Crippen molar-refractivity contribution in [3.8, 4) is 17.2 Å². The minimum atomic E-state index is -0.544. The van der Waals surface area contributed by atoms with Crippen LogP contribution in [0.3, 0.4) is 0 Å². The third-order valence-corrected chi connectivity index (χ3v) is 3.32. The fourth-order valence-electron chi connectivity index (χ4n) is 2.32. The van der Waals surface area contributed by atoms with Gasteiger partial charge in [-0.25, -0.2) is 0 Å². The zero-order valence-electron chi connectivity index (χ0n) is 10.7. The lowest BCUT2D eigenvalue weighted by Crippen LogP contribution is -2.00. The highest BCUT2D eigenvalue weighted by atomic mass is 35.5. The Labute approximate surface area is 121 Å². The molecule has 0 saturated heterocycles. The molecule has 0 saturated carbocycles. The minimum Gasteiger partial charge on any atom is -0.508 e. The van der Waals surface area contributed by atoms with Gasteiger partial charge in [-0.1, -0.05) is 0 Å². The molecule has 0 aliphatic carbocycles. The first kappa shape index (κ1) is 14.4. The summed E-state index contributed by atoms with van der Waals surface area (Å²) in [6, 6.07) is 4.31. The number of halogens is 1. The number of ether oxygens (including phenoxy) is 1. The molecule has 3 rings (SSSR count). The van der Waals surface area contributed by atoms with Gasteiger partial charge in [0.15, 0.2) is 0 Å². The molecule has 106 valence electrons. The molecule has 1 aromatic heterocycles. The number of phenols is 2. The van der Waals surface area contributed by atoms with E-state index in [1.54, 1.807) is 19.2 Å². The third-order valence-electron chi connectivity index (χ3n) is 3.32. The number of aryl methyl sites for hydroxylation is 1. The largest absolute Gasteiger partial charge is 0.508 e. The predicted octanol–water partition coefficient (Wildman–Crippen LogP) is 2.55. The van der Waals surface area contributed by atoms with Crippen molar-refractivity contribution in [2.24, 2.45) is 0 Å². The Hall–Kier alpha value is -1.98. The number of rotatable bonds is 1. The van der Waals surface area contributed by atoms with Gasteiger partial charge in [0.2, 0.25) is 0 Å². The van der Waals surface area contributed by atoms with Crippen LogP contribution in [0.2, 0.25) is 0 Å². The van der Waals surface area contributed by atoms with E-state index in [1.165, 1.54) is 12.1 Å². The average molecular weight is 296 g/mol. The Kier molecular flexibility index (Phi) is 3.74. The molecule has 0 radical (unpaired) electrons. The minimum absolute atomic E-state index is 0. The van der Waals surface area contributed by atoms with E-state index in [4.69, 9.17) is 4.74 Å². The second-order valence-corrected chi connectivity index (χ2v) is 4.57. The zero-order chi connectivity index (χ0) is 13.6. The van der Waals surface area contributed by atoms with Crippen LogP contribution >= 0.6 is 12.4 Å². The van der Waals surface area contributed by atoms with Crippen LogP contribution in [0.5, 0.6) is 17.2 Å². The highest BCUT2D eigenvalue weighted by Crippen LogP contribution is 2.44. The van der Waals surface area contributed by atoms with Gasteiger partial charge in [-0.05, 0) is 19.1 Å². The Morgan fingerprint density at radius 1 is 1.25 bits per heavy atom. The lowest BCUT2D eigenvalue weighted by Gasteiger charge is -2.15. The number of hydrogen-bond acceptors (Lipinski definition) is 5.